The molecule has 1 aliphatic heterocycles. The van der Waals surface area contributed by atoms with Gasteiger partial charge in [0.1, 0.15) is 0 Å². The summed E-state index contributed by atoms with van der Waals surface area (Å²) in [6.45, 7) is 7.47. The molecular formula is C20H29N3O2. The van der Waals surface area contributed by atoms with Gasteiger partial charge in [-0.3, -0.25) is 14.5 Å². The molecule has 2 aliphatic rings. The normalized spacial score (nSPS) is 20.8. The molecule has 5 nitrogen and oxygen atoms in total. The van der Waals surface area contributed by atoms with E-state index in [1.165, 1.54) is 0 Å². The van der Waals surface area contributed by atoms with Crippen LogP contribution >= 0.6 is 0 Å². The van der Waals surface area contributed by atoms with Gasteiger partial charge >= 0.3 is 0 Å². The van der Waals surface area contributed by atoms with Crippen LogP contribution in [0.25, 0.3) is 0 Å². The summed E-state index contributed by atoms with van der Waals surface area (Å²) in [5.41, 5.74) is 0.868. The number of nitrogens with zero attached hydrogens (tertiary/aromatic N) is 2. The predicted octanol–water partition coefficient (Wildman–Crippen LogP) is 1.78. The highest BCUT2D eigenvalue weighted by Gasteiger charge is 2.53. The molecule has 2 amide bonds. The highest BCUT2D eigenvalue weighted by atomic mass is 16.2. The van der Waals surface area contributed by atoms with E-state index in [9.17, 15) is 9.59 Å². The van der Waals surface area contributed by atoms with Gasteiger partial charge in [-0.15, -0.1) is 0 Å². The number of rotatable bonds is 6. The zero-order chi connectivity index (χ0) is 17.9. The molecule has 1 heterocycles. The Morgan fingerprint density at radius 2 is 1.76 bits per heavy atom. The number of hydrogen-bond acceptors (Lipinski definition) is 3. The smallest absolute Gasteiger partial charge is 0.234 e. The molecule has 0 aromatic heterocycles. The van der Waals surface area contributed by atoms with Crippen LogP contribution in [0.5, 0.6) is 0 Å². The van der Waals surface area contributed by atoms with Crippen molar-refractivity contribution < 1.29 is 9.59 Å². The standard InChI is InChI=1S/C20H29N3O2/c1-3-16(2)21-18(24)15-22-11-13-23(14-12-22)19(25)20(9-10-20)17-7-5-4-6-8-17/h4-8,16H,3,9-15H2,1-2H3,(H,21,24). The summed E-state index contributed by atoms with van der Waals surface area (Å²) < 4.78 is 0. The largest absolute Gasteiger partial charge is 0.353 e. The van der Waals surface area contributed by atoms with Crippen LogP contribution in [0.15, 0.2) is 30.3 Å². The van der Waals surface area contributed by atoms with E-state index in [2.05, 4.69) is 29.3 Å². The van der Waals surface area contributed by atoms with Crippen molar-refractivity contribution in [3.63, 3.8) is 0 Å². The molecule has 0 bridgehead atoms. The van der Waals surface area contributed by atoms with Crippen LogP contribution in [0.1, 0.15) is 38.7 Å². The maximum absolute atomic E-state index is 13.0. The Morgan fingerprint density at radius 1 is 1.12 bits per heavy atom. The van der Waals surface area contributed by atoms with Crippen molar-refractivity contribution in [3.8, 4) is 0 Å². The number of carbonyl (C=O) groups is 2. The molecule has 25 heavy (non-hydrogen) atoms. The minimum Gasteiger partial charge on any atom is -0.353 e. The Hall–Kier alpha value is -1.88. The van der Waals surface area contributed by atoms with Crippen molar-refractivity contribution in [1.82, 2.24) is 15.1 Å². The van der Waals surface area contributed by atoms with Crippen LogP contribution in [0.3, 0.4) is 0 Å². The number of carbonyl (C=O) groups excluding carboxylic acids is 2. The highest BCUT2D eigenvalue weighted by Crippen LogP contribution is 2.49. The maximum atomic E-state index is 13.0. The molecule has 1 atom stereocenters. The molecule has 0 radical (unpaired) electrons. The Labute approximate surface area is 150 Å². The van der Waals surface area contributed by atoms with Gasteiger partial charge in [0, 0.05) is 32.2 Å². The lowest BCUT2D eigenvalue weighted by Crippen LogP contribution is -2.53. The van der Waals surface area contributed by atoms with Crippen LogP contribution in [-0.4, -0.2) is 60.4 Å². The molecule has 1 unspecified atom stereocenters. The SMILES string of the molecule is CCC(C)NC(=O)CN1CCN(C(=O)C2(c3ccccc3)CC2)CC1. The average Bonchev–Trinajstić information content (AvgIpc) is 3.44. The minimum absolute atomic E-state index is 0.0806. The van der Waals surface area contributed by atoms with Gasteiger partial charge in [0.25, 0.3) is 0 Å². The van der Waals surface area contributed by atoms with Gasteiger partial charge in [-0.25, -0.2) is 0 Å². The summed E-state index contributed by atoms with van der Waals surface area (Å²) in [5, 5.41) is 3.01. The second-order valence-electron chi connectivity index (χ2n) is 7.39. The predicted molar refractivity (Wildman–Crippen MR) is 98.3 cm³/mol. The van der Waals surface area contributed by atoms with Gasteiger partial charge in [-0.2, -0.15) is 0 Å². The zero-order valence-electron chi connectivity index (χ0n) is 15.3. The molecule has 1 saturated heterocycles. The summed E-state index contributed by atoms with van der Waals surface area (Å²) in [5.74, 6) is 0.347. The van der Waals surface area contributed by atoms with E-state index in [0.717, 1.165) is 37.9 Å². The zero-order valence-corrected chi connectivity index (χ0v) is 15.3. The van der Waals surface area contributed by atoms with Crippen molar-refractivity contribution in [2.75, 3.05) is 32.7 Å². The Bertz CT molecular complexity index is 605. The average molecular weight is 343 g/mol. The van der Waals surface area contributed by atoms with Crippen LogP contribution in [0.2, 0.25) is 0 Å². The van der Waals surface area contributed by atoms with Gasteiger partial charge < -0.3 is 10.2 Å². The summed E-state index contributed by atoms with van der Waals surface area (Å²) >= 11 is 0. The van der Waals surface area contributed by atoms with E-state index in [1.54, 1.807) is 0 Å². The Balaban J connectivity index is 1.51. The van der Waals surface area contributed by atoms with Crippen molar-refractivity contribution in [1.29, 1.82) is 0 Å². The summed E-state index contributed by atoms with van der Waals surface area (Å²) in [6.07, 6.45) is 2.84. The third kappa shape index (κ3) is 4.03. The summed E-state index contributed by atoms with van der Waals surface area (Å²) in [4.78, 5) is 29.2. The highest BCUT2D eigenvalue weighted by molar-refractivity contribution is 5.91. The van der Waals surface area contributed by atoms with E-state index < -0.39 is 0 Å². The number of benzene rings is 1. The molecule has 5 heteroatoms. The second kappa shape index (κ2) is 7.56. The Kier molecular flexibility index (Phi) is 5.42. The molecule has 1 aromatic rings. The topological polar surface area (TPSA) is 52.7 Å². The van der Waals surface area contributed by atoms with Gasteiger partial charge in [0.15, 0.2) is 0 Å². The van der Waals surface area contributed by atoms with Crippen molar-refractivity contribution in [2.45, 2.75) is 44.6 Å². The minimum atomic E-state index is -0.280. The van der Waals surface area contributed by atoms with Crippen molar-refractivity contribution in [3.05, 3.63) is 35.9 Å². The second-order valence-corrected chi connectivity index (χ2v) is 7.39. The first-order valence-corrected chi connectivity index (χ1v) is 9.42. The summed E-state index contributed by atoms with van der Waals surface area (Å²) in [6, 6.07) is 10.4. The van der Waals surface area contributed by atoms with Gasteiger partial charge in [-0.1, -0.05) is 37.3 Å². The lowest BCUT2D eigenvalue weighted by Gasteiger charge is -2.36. The monoisotopic (exact) mass is 343 g/mol. The van der Waals surface area contributed by atoms with E-state index in [-0.39, 0.29) is 23.3 Å². The van der Waals surface area contributed by atoms with Gasteiger partial charge in [0.2, 0.25) is 11.8 Å². The number of amides is 2. The molecule has 1 aliphatic carbocycles. The lowest BCUT2D eigenvalue weighted by atomic mass is 9.94. The molecule has 0 spiro atoms. The van der Waals surface area contributed by atoms with Crippen LogP contribution in [-0.2, 0) is 15.0 Å². The lowest BCUT2D eigenvalue weighted by molar-refractivity contribution is -0.136. The maximum Gasteiger partial charge on any atom is 0.234 e. The molecular weight excluding hydrogens is 314 g/mol. The van der Waals surface area contributed by atoms with Crippen molar-refractivity contribution in [2.24, 2.45) is 0 Å². The number of piperazine rings is 1. The van der Waals surface area contributed by atoms with Crippen molar-refractivity contribution >= 4 is 11.8 Å². The first kappa shape index (κ1) is 17.9. The molecule has 1 N–H and O–H groups in total. The first-order chi connectivity index (χ1) is 12.0. The quantitative estimate of drug-likeness (QED) is 0.857. The first-order valence-electron chi connectivity index (χ1n) is 9.42. The van der Waals surface area contributed by atoms with Gasteiger partial charge in [-0.05, 0) is 31.7 Å². The Morgan fingerprint density at radius 3 is 2.32 bits per heavy atom. The third-order valence-electron chi connectivity index (χ3n) is 5.53. The third-order valence-corrected chi connectivity index (χ3v) is 5.53. The molecule has 2 fully saturated rings. The number of hydrogen-bond donors (Lipinski definition) is 1. The van der Waals surface area contributed by atoms with Crippen LogP contribution in [0.4, 0.5) is 0 Å². The van der Waals surface area contributed by atoms with E-state index >= 15 is 0 Å². The van der Waals surface area contributed by atoms with Crippen LogP contribution < -0.4 is 5.32 Å². The summed E-state index contributed by atoms with van der Waals surface area (Å²) in [7, 11) is 0. The number of nitrogens with one attached hydrogen (secondary N) is 1. The fourth-order valence-electron chi connectivity index (χ4n) is 3.55. The van der Waals surface area contributed by atoms with Gasteiger partial charge in [0.05, 0.1) is 12.0 Å². The molecule has 3 rings (SSSR count). The molecule has 1 aromatic carbocycles. The van der Waals surface area contributed by atoms with E-state index in [1.807, 2.05) is 30.0 Å². The van der Waals surface area contributed by atoms with E-state index in [0.29, 0.717) is 19.6 Å². The fraction of sp³-hybridized carbons (Fsp3) is 0.600. The molecule has 1 saturated carbocycles. The molecule has 136 valence electrons. The van der Waals surface area contributed by atoms with E-state index in [4.69, 9.17) is 0 Å². The van der Waals surface area contributed by atoms with Crippen LogP contribution in [0, 0.1) is 0 Å². The fourth-order valence-corrected chi connectivity index (χ4v) is 3.55.